The van der Waals surface area contributed by atoms with Gasteiger partial charge in [-0.2, -0.15) is 0 Å². The van der Waals surface area contributed by atoms with Crippen LogP contribution in [-0.4, -0.2) is 17.2 Å². The van der Waals surface area contributed by atoms with E-state index in [0.29, 0.717) is 6.42 Å². The van der Waals surface area contributed by atoms with Gasteiger partial charge in [0.15, 0.2) is 0 Å². The fourth-order valence-corrected chi connectivity index (χ4v) is 2.35. The van der Waals surface area contributed by atoms with Gasteiger partial charge < -0.3 is 9.84 Å². The maximum Gasteiger partial charge on any atom is 0.125 e. The van der Waals surface area contributed by atoms with Gasteiger partial charge in [0.2, 0.25) is 0 Å². The van der Waals surface area contributed by atoms with E-state index in [1.165, 1.54) is 0 Å². The van der Waals surface area contributed by atoms with Crippen molar-refractivity contribution in [3.8, 4) is 5.75 Å². The van der Waals surface area contributed by atoms with Crippen LogP contribution in [-0.2, 0) is 6.42 Å². The molecule has 1 heterocycles. The number of hydrogen-bond acceptors (Lipinski definition) is 3. The second-order valence-electron chi connectivity index (χ2n) is 4.74. The van der Waals surface area contributed by atoms with Crippen LogP contribution in [0.3, 0.4) is 0 Å². The van der Waals surface area contributed by atoms with E-state index in [0.717, 1.165) is 28.1 Å². The molecule has 0 saturated carbocycles. The zero-order valence-electron chi connectivity index (χ0n) is 11.6. The monoisotopic (exact) mass is 257 g/mol. The van der Waals surface area contributed by atoms with Crippen LogP contribution >= 0.6 is 0 Å². The van der Waals surface area contributed by atoms with Gasteiger partial charge in [-0.3, -0.25) is 4.98 Å². The van der Waals surface area contributed by atoms with Crippen molar-refractivity contribution >= 4 is 0 Å². The minimum absolute atomic E-state index is 0.487. The third-order valence-electron chi connectivity index (χ3n) is 3.18. The topological polar surface area (TPSA) is 42.4 Å². The van der Waals surface area contributed by atoms with Crippen molar-refractivity contribution in [1.29, 1.82) is 0 Å². The Morgan fingerprint density at radius 3 is 2.68 bits per heavy atom. The average Bonchev–Trinajstić information content (AvgIpc) is 2.38. The quantitative estimate of drug-likeness (QED) is 0.915. The van der Waals surface area contributed by atoms with E-state index < -0.39 is 6.10 Å². The third-order valence-corrected chi connectivity index (χ3v) is 3.18. The maximum atomic E-state index is 10.4. The molecular formula is C16H19NO2. The summed E-state index contributed by atoms with van der Waals surface area (Å²) in [6.07, 6.45) is 1.62. The van der Waals surface area contributed by atoms with Gasteiger partial charge in [-0.25, -0.2) is 0 Å². The lowest BCUT2D eigenvalue weighted by Gasteiger charge is -2.18. The fourth-order valence-electron chi connectivity index (χ4n) is 2.35. The van der Waals surface area contributed by atoms with Crippen molar-refractivity contribution in [1.82, 2.24) is 4.98 Å². The smallest absolute Gasteiger partial charge is 0.125 e. The number of methoxy groups -OCH3 is 1. The van der Waals surface area contributed by atoms with Crippen LogP contribution in [0.5, 0.6) is 5.75 Å². The number of nitrogens with zero attached hydrogens (tertiary/aromatic N) is 1. The Hall–Kier alpha value is -1.87. The Labute approximate surface area is 113 Å². The molecule has 0 radical (unpaired) electrons. The predicted molar refractivity (Wildman–Crippen MR) is 75.4 cm³/mol. The summed E-state index contributed by atoms with van der Waals surface area (Å²) in [7, 11) is 1.63. The summed E-state index contributed by atoms with van der Waals surface area (Å²) in [6, 6.07) is 9.71. The van der Waals surface area contributed by atoms with Gasteiger partial charge in [-0.05, 0) is 43.2 Å². The molecule has 0 aliphatic rings. The minimum atomic E-state index is -0.606. The van der Waals surface area contributed by atoms with E-state index in [2.05, 4.69) is 11.1 Å². The minimum Gasteiger partial charge on any atom is -0.496 e. The first-order chi connectivity index (χ1) is 9.11. The second kappa shape index (κ2) is 5.85. The second-order valence-corrected chi connectivity index (χ2v) is 4.74. The zero-order valence-corrected chi connectivity index (χ0v) is 11.6. The zero-order chi connectivity index (χ0) is 13.8. The third kappa shape index (κ3) is 3.12. The predicted octanol–water partition coefficient (Wildman–Crippen LogP) is 2.98. The van der Waals surface area contributed by atoms with Crippen LogP contribution < -0.4 is 4.74 Å². The highest BCUT2D eigenvalue weighted by Crippen LogP contribution is 2.31. The van der Waals surface area contributed by atoms with Crippen molar-refractivity contribution in [3.63, 3.8) is 0 Å². The first kappa shape index (κ1) is 13.6. The van der Waals surface area contributed by atoms with Crippen LogP contribution in [0.25, 0.3) is 0 Å². The van der Waals surface area contributed by atoms with E-state index >= 15 is 0 Å². The summed E-state index contributed by atoms with van der Waals surface area (Å²) < 4.78 is 5.39. The molecular weight excluding hydrogens is 238 g/mol. The summed E-state index contributed by atoms with van der Waals surface area (Å²) >= 11 is 0. The first-order valence-corrected chi connectivity index (χ1v) is 6.35. The molecule has 2 rings (SSSR count). The molecule has 3 nitrogen and oxygen atoms in total. The van der Waals surface area contributed by atoms with Gasteiger partial charge in [0.1, 0.15) is 5.75 Å². The molecule has 0 amide bonds. The van der Waals surface area contributed by atoms with Crippen molar-refractivity contribution in [2.75, 3.05) is 7.11 Å². The standard InChI is InChI=1S/C16H19NO2/c1-11-8-12(2)16(15(9-11)19-3)14(18)10-13-6-4-5-7-17-13/h4-9,14,18H,10H2,1-3H3. The molecule has 0 fully saturated rings. The van der Waals surface area contributed by atoms with Gasteiger partial charge in [-0.1, -0.05) is 12.1 Å². The number of rotatable bonds is 4. The van der Waals surface area contributed by atoms with E-state index in [1.54, 1.807) is 13.3 Å². The van der Waals surface area contributed by atoms with E-state index in [9.17, 15) is 5.11 Å². The van der Waals surface area contributed by atoms with Crippen LogP contribution in [0.15, 0.2) is 36.5 Å². The number of aromatic nitrogens is 1. The maximum absolute atomic E-state index is 10.4. The van der Waals surface area contributed by atoms with Crippen LogP contribution in [0, 0.1) is 13.8 Å². The number of ether oxygens (including phenoxy) is 1. The van der Waals surface area contributed by atoms with E-state index in [1.807, 2.05) is 38.1 Å². The number of aliphatic hydroxyl groups is 1. The first-order valence-electron chi connectivity index (χ1n) is 6.35. The molecule has 0 aliphatic heterocycles. The van der Waals surface area contributed by atoms with Crippen molar-refractivity contribution in [3.05, 3.63) is 58.9 Å². The molecule has 1 atom stereocenters. The number of aryl methyl sites for hydroxylation is 2. The van der Waals surface area contributed by atoms with Gasteiger partial charge >= 0.3 is 0 Å². The summed E-state index contributed by atoms with van der Waals surface area (Å²) in [4.78, 5) is 4.25. The Bertz CT molecular complexity index is 552. The highest BCUT2D eigenvalue weighted by molar-refractivity contribution is 5.44. The number of hydrogen-bond donors (Lipinski definition) is 1. The number of aliphatic hydroxyl groups excluding tert-OH is 1. The molecule has 3 heteroatoms. The lowest BCUT2D eigenvalue weighted by Crippen LogP contribution is -2.07. The van der Waals surface area contributed by atoms with Crippen molar-refractivity contribution in [2.45, 2.75) is 26.4 Å². The number of benzene rings is 1. The Kier molecular flexibility index (Phi) is 4.17. The Balaban J connectivity index is 2.31. The highest BCUT2D eigenvalue weighted by atomic mass is 16.5. The van der Waals surface area contributed by atoms with Crippen molar-refractivity contribution in [2.24, 2.45) is 0 Å². The largest absolute Gasteiger partial charge is 0.496 e. The van der Waals surface area contributed by atoms with Crippen LogP contribution in [0.1, 0.15) is 28.5 Å². The van der Waals surface area contributed by atoms with Crippen LogP contribution in [0.4, 0.5) is 0 Å². The lowest BCUT2D eigenvalue weighted by molar-refractivity contribution is 0.172. The molecule has 0 saturated heterocycles. The van der Waals surface area contributed by atoms with Crippen molar-refractivity contribution < 1.29 is 9.84 Å². The molecule has 0 spiro atoms. The normalized spacial score (nSPS) is 12.2. The highest BCUT2D eigenvalue weighted by Gasteiger charge is 2.17. The molecule has 0 aliphatic carbocycles. The SMILES string of the molecule is COc1cc(C)cc(C)c1C(O)Cc1ccccn1. The van der Waals surface area contributed by atoms with Crippen LogP contribution in [0.2, 0.25) is 0 Å². The summed E-state index contributed by atoms with van der Waals surface area (Å²) in [6.45, 7) is 4.01. The van der Waals surface area contributed by atoms with E-state index in [4.69, 9.17) is 4.74 Å². The fraction of sp³-hybridized carbons (Fsp3) is 0.312. The Morgan fingerprint density at radius 2 is 2.05 bits per heavy atom. The lowest BCUT2D eigenvalue weighted by atomic mass is 9.96. The van der Waals surface area contributed by atoms with Gasteiger partial charge in [-0.15, -0.1) is 0 Å². The molecule has 100 valence electrons. The molecule has 1 N–H and O–H groups in total. The summed E-state index contributed by atoms with van der Waals surface area (Å²) in [5, 5.41) is 10.4. The molecule has 19 heavy (non-hydrogen) atoms. The van der Waals surface area contributed by atoms with Gasteiger partial charge in [0, 0.05) is 23.9 Å². The molecule has 1 aromatic heterocycles. The molecule has 2 aromatic rings. The molecule has 1 unspecified atom stereocenters. The van der Waals surface area contributed by atoms with Gasteiger partial charge in [0.05, 0.1) is 13.2 Å². The average molecular weight is 257 g/mol. The Morgan fingerprint density at radius 1 is 1.26 bits per heavy atom. The van der Waals surface area contributed by atoms with E-state index in [-0.39, 0.29) is 0 Å². The van der Waals surface area contributed by atoms with Gasteiger partial charge in [0.25, 0.3) is 0 Å². The molecule has 0 bridgehead atoms. The molecule has 1 aromatic carbocycles. The summed E-state index contributed by atoms with van der Waals surface area (Å²) in [5.74, 6) is 0.737. The summed E-state index contributed by atoms with van der Waals surface area (Å²) in [5.41, 5.74) is 3.89. The number of pyridine rings is 1.